The Morgan fingerprint density at radius 2 is 1.92 bits per heavy atom. The summed E-state index contributed by atoms with van der Waals surface area (Å²) >= 11 is 0. The van der Waals surface area contributed by atoms with Crippen LogP contribution in [-0.4, -0.2) is 25.3 Å². The predicted molar refractivity (Wildman–Crippen MR) is 102 cm³/mol. The first-order valence-corrected chi connectivity index (χ1v) is 8.42. The number of nitrogens with one attached hydrogen (secondary N) is 2. The average Bonchev–Trinajstić information content (AvgIpc) is 2.65. The van der Waals surface area contributed by atoms with Crippen molar-refractivity contribution in [2.75, 3.05) is 19.0 Å². The van der Waals surface area contributed by atoms with E-state index in [0.717, 1.165) is 35.6 Å². The third kappa shape index (κ3) is 5.95. The molecule has 2 aromatic carbocycles. The molecule has 0 aliphatic heterocycles. The Morgan fingerprint density at radius 3 is 2.60 bits per heavy atom. The van der Waals surface area contributed by atoms with Crippen LogP contribution in [0.3, 0.4) is 0 Å². The van der Waals surface area contributed by atoms with Crippen molar-refractivity contribution in [3.8, 4) is 5.75 Å². The number of hydrazone groups is 1. The Balaban J connectivity index is 1.85. The largest absolute Gasteiger partial charge is 0.497 e. The average molecular weight is 339 g/mol. The Labute approximate surface area is 149 Å². The smallest absolute Gasteiger partial charge is 0.259 e. The highest BCUT2D eigenvalue weighted by Crippen LogP contribution is 2.16. The van der Waals surface area contributed by atoms with Crippen molar-refractivity contribution in [3.63, 3.8) is 0 Å². The fourth-order valence-electron chi connectivity index (χ4n) is 2.37. The van der Waals surface area contributed by atoms with Gasteiger partial charge in [0.15, 0.2) is 0 Å². The van der Waals surface area contributed by atoms with E-state index in [9.17, 15) is 4.79 Å². The third-order valence-electron chi connectivity index (χ3n) is 3.78. The van der Waals surface area contributed by atoms with Crippen molar-refractivity contribution in [3.05, 3.63) is 59.7 Å². The third-order valence-corrected chi connectivity index (χ3v) is 3.78. The molecule has 5 nitrogen and oxygen atoms in total. The Hall–Kier alpha value is -2.82. The molecule has 5 heteroatoms. The molecule has 0 aliphatic carbocycles. The highest BCUT2D eigenvalue weighted by molar-refractivity contribution is 5.99. The molecular formula is C20H25N3O2. The van der Waals surface area contributed by atoms with E-state index >= 15 is 0 Å². The number of methoxy groups -OCH3 is 1. The summed E-state index contributed by atoms with van der Waals surface area (Å²) in [4.78, 5) is 11.9. The number of carbonyl (C=O) groups is 1. The van der Waals surface area contributed by atoms with Crippen molar-refractivity contribution >= 4 is 17.3 Å². The molecule has 0 radical (unpaired) electrons. The van der Waals surface area contributed by atoms with Crippen LogP contribution in [0.4, 0.5) is 5.69 Å². The zero-order valence-electron chi connectivity index (χ0n) is 15.0. The Bertz CT molecular complexity index is 724. The molecule has 132 valence electrons. The van der Waals surface area contributed by atoms with Gasteiger partial charge in [0.1, 0.15) is 5.75 Å². The number of hydrogen-bond donors (Lipinski definition) is 2. The minimum Gasteiger partial charge on any atom is -0.497 e. The van der Waals surface area contributed by atoms with E-state index in [2.05, 4.69) is 34.9 Å². The first kappa shape index (κ1) is 18.5. The number of carbonyl (C=O) groups excluding carboxylic acids is 1. The molecule has 0 bridgehead atoms. The molecule has 0 heterocycles. The second kappa shape index (κ2) is 9.47. The van der Waals surface area contributed by atoms with Crippen LogP contribution in [0, 0.1) is 0 Å². The van der Waals surface area contributed by atoms with Crippen LogP contribution in [0.2, 0.25) is 0 Å². The number of ether oxygens (including phenoxy) is 1. The molecule has 0 spiro atoms. The molecule has 0 saturated carbocycles. The lowest BCUT2D eigenvalue weighted by molar-refractivity contribution is -0.119. The number of hydrogen-bond acceptors (Lipinski definition) is 4. The van der Waals surface area contributed by atoms with Crippen LogP contribution >= 0.6 is 0 Å². The SMILES string of the molecule is CCCc1ccc(/C(C)=N\NC(=O)CNc2cccc(OC)c2)cc1. The highest BCUT2D eigenvalue weighted by atomic mass is 16.5. The van der Waals surface area contributed by atoms with Crippen LogP contribution in [-0.2, 0) is 11.2 Å². The first-order valence-electron chi connectivity index (χ1n) is 8.42. The van der Waals surface area contributed by atoms with Crippen LogP contribution in [0.1, 0.15) is 31.4 Å². The molecular weight excluding hydrogens is 314 g/mol. The van der Waals surface area contributed by atoms with Gasteiger partial charge < -0.3 is 10.1 Å². The zero-order chi connectivity index (χ0) is 18.1. The van der Waals surface area contributed by atoms with Gasteiger partial charge in [0.2, 0.25) is 0 Å². The molecule has 25 heavy (non-hydrogen) atoms. The van der Waals surface area contributed by atoms with Gasteiger partial charge in [-0.05, 0) is 36.6 Å². The molecule has 0 aliphatic rings. The lowest BCUT2D eigenvalue weighted by Gasteiger charge is -2.08. The fraction of sp³-hybridized carbons (Fsp3) is 0.300. The first-order chi connectivity index (χ1) is 12.1. The quantitative estimate of drug-likeness (QED) is 0.570. The summed E-state index contributed by atoms with van der Waals surface area (Å²) in [6.45, 7) is 4.18. The molecule has 2 rings (SSSR count). The summed E-state index contributed by atoms with van der Waals surface area (Å²) in [5, 5.41) is 7.21. The van der Waals surface area contributed by atoms with Gasteiger partial charge >= 0.3 is 0 Å². The second-order valence-corrected chi connectivity index (χ2v) is 5.76. The minimum atomic E-state index is -0.204. The normalized spacial score (nSPS) is 11.1. The molecule has 0 aromatic heterocycles. The summed E-state index contributed by atoms with van der Waals surface area (Å²) in [7, 11) is 1.61. The van der Waals surface area contributed by atoms with E-state index in [4.69, 9.17) is 4.74 Å². The fourth-order valence-corrected chi connectivity index (χ4v) is 2.37. The lowest BCUT2D eigenvalue weighted by atomic mass is 10.1. The van der Waals surface area contributed by atoms with Gasteiger partial charge in [0.05, 0.1) is 19.4 Å². The van der Waals surface area contributed by atoms with Crippen LogP contribution in [0.25, 0.3) is 0 Å². The van der Waals surface area contributed by atoms with Crippen molar-refractivity contribution in [1.82, 2.24) is 5.43 Å². The molecule has 2 N–H and O–H groups in total. The number of anilines is 1. The van der Waals surface area contributed by atoms with E-state index in [1.54, 1.807) is 7.11 Å². The number of benzene rings is 2. The number of nitrogens with zero attached hydrogens (tertiary/aromatic N) is 1. The number of aryl methyl sites for hydroxylation is 1. The topological polar surface area (TPSA) is 62.7 Å². The predicted octanol–water partition coefficient (Wildman–Crippen LogP) is 3.60. The van der Waals surface area contributed by atoms with Gasteiger partial charge in [0, 0.05) is 11.8 Å². The Kier molecular flexibility index (Phi) is 7.01. The van der Waals surface area contributed by atoms with Gasteiger partial charge in [0.25, 0.3) is 5.91 Å². The summed E-state index contributed by atoms with van der Waals surface area (Å²) < 4.78 is 5.15. The van der Waals surface area contributed by atoms with Crippen molar-refractivity contribution in [1.29, 1.82) is 0 Å². The molecule has 2 aromatic rings. The monoisotopic (exact) mass is 339 g/mol. The zero-order valence-corrected chi connectivity index (χ0v) is 15.0. The van der Waals surface area contributed by atoms with Gasteiger partial charge in [-0.25, -0.2) is 5.43 Å². The number of rotatable bonds is 8. The van der Waals surface area contributed by atoms with Crippen molar-refractivity contribution in [2.45, 2.75) is 26.7 Å². The summed E-state index contributed by atoms with van der Waals surface area (Å²) in [6, 6.07) is 15.7. The van der Waals surface area contributed by atoms with E-state index in [1.807, 2.05) is 43.3 Å². The maximum atomic E-state index is 11.9. The summed E-state index contributed by atoms with van der Waals surface area (Å²) in [5.74, 6) is 0.538. The van der Waals surface area contributed by atoms with Crippen LogP contribution in [0.15, 0.2) is 53.6 Å². The van der Waals surface area contributed by atoms with Crippen LogP contribution in [0.5, 0.6) is 5.75 Å². The van der Waals surface area contributed by atoms with Gasteiger partial charge in [-0.3, -0.25) is 4.79 Å². The van der Waals surface area contributed by atoms with E-state index in [-0.39, 0.29) is 12.5 Å². The van der Waals surface area contributed by atoms with E-state index < -0.39 is 0 Å². The van der Waals surface area contributed by atoms with Crippen LogP contribution < -0.4 is 15.5 Å². The number of amides is 1. The maximum absolute atomic E-state index is 11.9. The van der Waals surface area contributed by atoms with Gasteiger partial charge in [-0.15, -0.1) is 0 Å². The lowest BCUT2D eigenvalue weighted by Crippen LogP contribution is -2.26. The van der Waals surface area contributed by atoms with Gasteiger partial charge in [-0.2, -0.15) is 5.10 Å². The Morgan fingerprint density at radius 1 is 1.16 bits per heavy atom. The summed E-state index contributed by atoms with van der Waals surface area (Å²) in [5.41, 5.74) is 6.48. The standard InChI is InChI=1S/C20H25N3O2/c1-4-6-16-9-11-17(12-10-16)15(2)22-23-20(24)14-21-18-7-5-8-19(13-18)25-3/h5,7-13,21H,4,6,14H2,1-3H3,(H,23,24)/b22-15-. The molecule has 1 amide bonds. The minimum absolute atomic E-state index is 0.138. The maximum Gasteiger partial charge on any atom is 0.259 e. The van der Waals surface area contributed by atoms with Crippen molar-refractivity contribution < 1.29 is 9.53 Å². The highest BCUT2D eigenvalue weighted by Gasteiger charge is 2.03. The second-order valence-electron chi connectivity index (χ2n) is 5.76. The molecule has 0 unspecified atom stereocenters. The van der Waals surface area contributed by atoms with E-state index in [1.165, 1.54) is 5.56 Å². The van der Waals surface area contributed by atoms with E-state index in [0.29, 0.717) is 0 Å². The molecule has 0 saturated heterocycles. The summed E-state index contributed by atoms with van der Waals surface area (Å²) in [6.07, 6.45) is 2.20. The molecule has 0 fully saturated rings. The molecule has 0 atom stereocenters. The van der Waals surface area contributed by atoms with Crippen molar-refractivity contribution in [2.24, 2.45) is 5.10 Å². The van der Waals surface area contributed by atoms with Gasteiger partial charge in [-0.1, -0.05) is 43.7 Å².